The molecule has 11 heavy (non-hydrogen) atoms. The lowest BCUT2D eigenvalue weighted by Gasteiger charge is -1.92. The Hall–Kier alpha value is -1.36. The largest absolute Gasteiger partial charge is 0.480 e. The van der Waals surface area contributed by atoms with Crippen LogP contribution in [0, 0.1) is 0 Å². The smallest absolute Gasteiger partial charge is 0.325 e. The Morgan fingerprint density at radius 1 is 1.73 bits per heavy atom. The molecule has 0 saturated carbocycles. The van der Waals surface area contributed by atoms with Crippen molar-refractivity contribution in [3.63, 3.8) is 0 Å². The Kier molecular flexibility index (Phi) is 2.22. The van der Waals surface area contributed by atoms with Crippen LogP contribution in [0.5, 0.6) is 0 Å². The van der Waals surface area contributed by atoms with E-state index < -0.39 is 5.97 Å². The van der Waals surface area contributed by atoms with E-state index in [0.29, 0.717) is 5.56 Å². The van der Waals surface area contributed by atoms with Crippen molar-refractivity contribution in [1.29, 1.82) is 0 Å². The molecule has 1 aromatic heterocycles. The molecule has 0 unspecified atom stereocenters. The van der Waals surface area contributed by atoms with Crippen LogP contribution in [0.3, 0.4) is 0 Å². The van der Waals surface area contributed by atoms with Crippen molar-refractivity contribution in [1.82, 2.24) is 9.78 Å². The summed E-state index contributed by atoms with van der Waals surface area (Å²) in [5.74, 6) is -0.947. The number of hydrogen-bond donors (Lipinski definition) is 2. The number of aliphatic carboxylic acids is 1. The van der Waals surface area contributed by atoms with Gasteiger partial charge in [0.1, 0.15) is 6.54 Å². The van der Waals surface area contributed by atoms with Crippen molar-refractivity contribution < 1.29 is 15.0 Å². The first-order chi connectivity index (χ1) is 5.22. The monoisotopic (exact) mass is 156 g/mol. The molecule has 0 amide bonds. The molecule has 0 fully saturated rings. The van der Waals surface area contributed by atoms with Gasteiger partial charge in [-0.15, -0.1) is 0 Å². The van der Waals surface area contributed by atoms with E-state index in [9.17, 15) is 4.79 Å². The number of aliphatic hydroxyl groups excluding tert-OH is 1. The number of nitrogens with zero attached hydrogens (tertiary/aromatic N) is 2. The molecular weight excluding hydrogens is 148 g/mol. The molecular formula is C6H8N2O3. The van der Waals surface area contributed by atoms with Gasteiger partial charge in [0.2, 0.25) is 0 Å². The number of carboxylic acid groups (broad SMARTS) is 1. The fourth-order valence-corrected chi connectivity index (χ4v) is 0.713. The highest BCUT2D eigenvalue weighted by Gasteiger charge is 2.00. The quantitative estimate of drug-likeness (QED) is 0.616. The zero-order chi connectivity index (χ0) is 8.27. The highest BCUT2D eigenvalue weighted by Crippen LogP contribution is 1.95. The minimum absolute atomic E-state index is 0.111. The Balaban J connectivity index is 2.65. The number of hydrogen-bond acceptors (Lipinski definition) is 3. The number of carboxylic acids is 1. The van der Waals surface area contributed by atoms with Crippen LogP contribution in [0.4, 0.5) is 0 Å². The highest BCUT2D eigenvalue weighted by atomic mass is 16.4. The van der Waals surface area contributed by atoms with Crippen LogP contribution in [0.2, 0.25) is 0 Å². The zero-order valence-electron chi connectivity index (χ0n) is 5.77. The summed E-state index contributed by atoms with van der Waals surface area (Å²) >= 11 is 0. The molecule has 0 aromatic carbocycles. The van der Waals surface area contributed by atoms with Gasteiger partial charge >= 0.3 is 5.97 Å². The van der Waals surface area contributed by atoms with Crippen molar-refractivity contribution in [3.8, 4) is 0 Å². The molecule has 2 N–H and O–H groups in total. The third kappa shape index (κ3) is 2.05. The third-order valence-electron chi connectivity index (χ3n) is 1.17. The summed E-state index contributed by atoms with van der Waals surface area (Å²) < 4.78 is 1.26. The SMILES string of the molecule is O=C(O)Cn1cc(CO)cn1. The van der Waals surface area contributed by atoms with Crippen molar-refractivity contribution in [2.24, 2.45) is 0 Å². The molecule has 1 aromatic rings. The van der Waals surface area contributed by atoms with E-state index in [4.69, 9.17) is 10.2 Å². The Morgan fingerprint density at radius 3 is 2.91 bits per heavy atom. The summed E-state index contributed by atoms with van der Waals surface area (Å²) in [5.41, 5.74) is 0.617. The zero-order valence-corrected chi connectivity index (χ0v) is 5.77. The average molecular weight is 156 g/mol. The molecule has 0 atom stereocenters. The summed E-state index contributed by atoms with van der Waals surface area (Å²) in [7, 11) is 0. The van der Waals surface area contributed by atoms with Crippen LogP contribution >= 0.6 is 0 Å². The van der Waals surface area contributed by atoms with E-state index in [1.165, 1.54) is 17.1 Å². The molecule has 1 heterocycles. The van der Waals surface area contributed by atoms with Crippen LogP contribution in [-0.4, -0.2) is 26.0 Å². The molecule has 1 rings (SSSR count). The predicted molar refractivity (Wildman–Crippen MR) is 35.8 cm³/mol. The lowest BCUT2D eigenvalue weighted by Crippen LogP contribution is -2.08. The molecule has 0 bridgehead atoms. The van der Waals surface area contributed by atoms with Gasteiger partial charge in [-0.3, -0.25) is 9.48 Å². The summed E-state index contributed by atoms with van der Waals surface area (Å²) in [6.07, 6.45) is 2.93. The second-order valence-corrected chi connectivity index (χ2v) is 2.10. The molecule has 0 aliphatic rings. The highest BCUT2D eigenvalue weighted by molar-refractivity contribution is 5.66. The van der Waals surface area contributed by atoms with E-state index in [-0.39, 0.29) is 13.2 Å². The van der Waals surface area contributed by atoms with Gasteiger partial charge in [-0.05, 0) is 0 Å². The van der Waals surface area contributed by atoms with Crippen molar-refractivity contribution in [2.75, 3.05) is 0 Å². The van der Waals surface area contributed by atoms with Gasteiger partial charge in [0.05, 0.1) is 12.8 Å². The summed E-state index contributed by atoms with van der Waals surface area (Å²) in [5, 5.41) is 20.6. The molecule has 60 valence electrons. The fraction of sp³-hybridized carbons (Fsp3) is 0.333. The van der Waals surface area contributed by atoms with Crippen molar-refractivity contribution >= 4 is 5.97 Å². The maximum atomic E-state index is 10.1. The second-order valence-electron chi connectivity index (χ2n) is 2.10. The van der Waals surface area contributed by atoms with Crippen molar-refractivity contribution in [3.05, 3.63) is 18.0 Å². The van der Waals surface area contributed by atoms with Gasteiger partial charge in [-0.25, -0.2) is 0 Å². The normalized spacial score (nSPS) is 9.91. The first-order valence-electron chi connectivity index (χ1n) is 3.06. The van der Waals surface area contributed by atoms with Crippen LogP contribution in [-0.2, 0) is 17.9 Å². The molecule has 0 radical (unpaired) electrons. The van der Waals surface area contributed by atoms with Gasteiger partial charge in [-0.1, -0.05) is 0 Å². The third-order valence-corrected chi connectivity index (χ3v) is 1.17. The second kappa shape index (κ2) is 3.16. The van der Waals surface area contributed by atoms with Crippen molar-refractivity contribution in [2.45, 2.75) is 13.2 Å². The standard InChI is InChI=1S/C6H8N2O3/c9-4-5-1-7-8(2-5)3-6(10)11/h1-2,9H,3-4H2,(H,10,11). The molecule has 0 aliphatic carbocycles. The topological polar surface area (TPSA) is 75.3 Å². The first-order valence-corrected chi connectivity index (χ1v) is 3.06. The lowest BCUT2D eigenvalue weighted by molar-refractivity contribution is -0.137. The number of rotatable bonds is 3. The van der Waals surface area contributed by atoms with E-state index in [0.717, 1.165) is 0 Å². The van der Waals surface area contributed by atoms with Gasteiger partial charge < -0.3 is 10.2 Å². The van der Waals surface area contributed by atoms with Gasteiger partial charge in [0.15, 0.2) is 0 Å². The number of carbonyl (C=O) groups is 1. The fourth-order valence-electron chi connectivity index (χ4n) is 0.713. The van der Waals surface area contributed by atoms with E-state index >= 15 is 0 Å². The Labute approximate surface area is 62.9 Å². The summed E-state index contributed by atoms with van der Waals surface area (Å²) in [4.78, 5) is 10.1. The number of aliphatic hydroxyl groups is 1. The van der Waals surface area contributed by atoms with Gasteiger partial charge in [0, 0.05) is 11.8 Å². The van der Waals surface area contributed by atoms with Crippen LogP contribution in [0.25, 0.3) is 0 Å². The van der Waals surface area contributed by atoms with Crippen LogP contribution < -0.4 is 0 Å². The van der Waals surface area contributed by atoms with E-state index in [2.05, 4.69) is 5.10 Å². The molecule has 0 aliphatic heterocycles. The summed E-state index contributed by atoms with van der Waals surface area (Å²) in [6.45, 7) is -0.278. The van der Waals surface area contributed by atoms with Gasteiger partial charge in [-0.2, -0.15) is 5.10 Å². The Morgan fingerprint density at radius 2 is 2.45 bits per heavy atom. The van der Waals surface area contributed by atoms with Crippen LogP contribution in [0.1, 0.15) is 5.56 Å². The maximum Gasteiger partial charge on any atom is 0.325 e. The molecule has 5 nitrogen and oxygen atoms in total. The predicted octanol–water partition coefficient (Wildman–Crippen LogP) is -0.540. The summed E-state index contributed by atoms with van der Waals surface area (Å²) in [6, 6.07) is 0. The van der Waals surface area contributed by atoms with E-state index in [1.54, 1.807) is 0 Å². The maximum absolute atomic E-state index is 10.1. The van der Waals surface area contributed by atoms with Crippen LogP contribution in [0.15, 0.2) is 12.4 Å². The lowest BCUT2D eigenvalue weighted by atomic mass is 10.4. The minimum Gasteiger partial charge on any atom is -0.480 e. The molecule has 0 spiro atoms. The number of aromatic nitrogens is 2. The average Bonchev–Trinajstić information content (AvgIpc) is 2.34. The molecule has 5 heteroatoms. The molecule has 0 saturated heterocycles. The van der Waals surface area contributed by atoms with E-state index in [1.807, 2.05) is 0 Å². The Bertz CT molecular complexity index is 256. The van der Waals surface area contributed by atoms with Gasteiger partial charge in [0.25, 0.3) is 0 Å². The minimum atomic E-state index is -0.947. The first kappa shape index (κ1) is 7.74.